The second-order valence-electron chi connectivity index (χ2n) is 3.23. The van der Waals surface area contributed by atoms with Gasteiger partial charge in [-0.15, -0.1) is 0 Å². The molecule has 0 saturated heterocycles. The van der Waals surface area contributed by atoms with Crippen molar-refractivity contribution in [3.05, 3.63) is 47.5 Å². The summed E-state index contributed by atoms with van der Waals surface area (Å²) < 4.78 is 1.48. The van der Waals surface area contributed by atoms with Crippen LogP contribution >= 0.6 is 0 Å². The number of hydrogen-bond donors (Lipinski definition) is 1. The largest absolute Gasteiger partial charge is 0.332 e. The number of pyridine rings is 1. The molecule has 0 aliphatic rings. The highest BCUT2D eigenvalue weighted by atomic mass is 16.1. The topological polar surface area (TPSA) is 76.5 Å². The monoisotopic (exact) mass is 213 g/mol. The van der Waals surface area contributed by atoms with Crippen molar-refractivity contribution in [3.8, 4) is 5.82 Å². The maximum absolute atomic E-state index is 11.8. The first-order valence-electron chi connectivity index (χ1n) is 4.67. The second-order valence-corrected chi connectivity index (χ2v) is 3.23. The molecule has 6 nitrogen and oxygen atoms in total. The van der Waals surface area contributed by atoms with E-state index in [0.29, 0.717) is 11.3 Å². The van der Waals surface area contributed by atoms with Gasteiger partial charge in [-0.05, 0) is 12.1 Å². The van der Waals surface area contributed by atoms with Crippen LogP contribution in [0, 0.1) is 0 Å². The molecular weight excluding hydrogens is 206 g/mol. The average Bonchev–Trinajstić information content (AvgIpc) is 2.66. The molecule has 0 amide bonds. The predicted molar refractivity (Wildman–Crippen MR) is 57.3 cm³/mol. The Morgan fingerprint density at radius 1 is 1.19 bits per heavy atom. The van der Waals surface area contributed by atoms with Gasteiger partial charge in [0.2, 0.25) is 0 Å². The zero-order valence-electron chi connectivity index (χ0n) is 8.16. The number of nitrogens with zero attached hydrogens (tertiary/aromatic N) is 4. The van der Waals surface area contributed by atoms with E-state index in [0.717, 1.165) is 5.52 Å². The fourth-order valence-electron chi connectivity index (χ4n) is 1.60. The van der Waals surface area contributed by atoms with E-state index in [-0.39, 0.29) is 5.69 Å². The van der Waals surface area contributed by atoms with E-state index in [2.05, 4.69) is 19.9 Å². The number of aromatic amines is 1. The lowest BCUT2D eigenvalue weighted by atomic mass is 10.4. The molecule has 0 aliphatic heterocycles. The number of imidazole rings is 1. The lowest BCUT2D eigenvalue weighted by molar-refractivity contribution is 0.949. The minimum atomic E-state index is -0.235. The summed E-state index contributed by atoms with van der Waals surface area (Å²) in [4.78, 5) is 26.3. The van der Waals surface area contributed by atoms with Crippen molar-refractivity contribution >= 4 is 11.0 Å². The predicted octanol–water partition coefficient (Wildman–Crippen LogP) is 0.504. The first kappa shape index (κ1) is 8.78. The van der Waals surface area contributed by atoms with Gasteiger partial charge in [-0.25, -0.2) is 19.3 Å². The average molecular weight is 213 g/mol. The number of rotatable bonds is 1. The van der Waals surface area contributed by atoms with Crippen molar-refractivity contribution in [1.29, 1.82) is 0 Å². The summed E-state index contributed by atoms with van der Waals surface area (Å²) in [6.45, 7) is 0. The van der Waals surface area contributed by atoms with Crippen molar-refractivity contribution in [3.63, 3.8) is 0 Å². The van der Waals surface area contributed by atoms with Gasteiger partial charge in [-0.3, -0.25) is 4.98 Å². The van der Waals surface area contributed by atoms with E-state index in [4.69, 9.17) is 0 Å². The Hall–Kier alpha value is -2.50. The summed E-state index contributed by atoms with van der Waals surface area (Å²) in [7, 11) is 0. The maximum Gasteiger partial charge on any atom is 0.332 e. The molecule has 0 unspecified atom stereocenters. The number of H-pyrrole nitrogens is 1. The smallest absolute Gasteiger partial charge is 0.304 e. The Labute approximate surface area is 89.6 Å². The van der Waals surface area contributed by atoms with E-state index >= 15 is 0 Å². The number of nitrogens with one attached hydrogen (secondary N) is 1. The van der Waals surface area contributed by atoms with Crippen molar-refractivity contribution in [2.24, 2.45) is 0 Å². The van der Waals surface area contributed by atoms with Crippen molar-refractivity contribution < 1.29 is 0 Å². The fraction of sp³-hybridized carbons (Fsp3) is 0. The van der Waals surface area contributed by atoms with Crippen LogP contribution in [0.15, 0.2) is 41.8 Å². The van der Waals surface area contributed by atoms with Gasteiger partial charge in [0, 0.05) is 12.4 Å². The number of aromatic nitrogens is 5. The minimum Gasteiger partial charge on any atom is -0.304 e. The maximum atomic E-state index is 11.8. The van der Waals surface area contributed by atoms with Crippen LogP contribution in [0.4, 0.5) is 0 Å². The summed E-state index contributed by atoms with van der Waals surface area (Å²) >= 11 is 0. The van der Waals surface area contributed by atoms with Gasteiger partial charge in [-0.1, -0.05) is 0 Å². The molecule has 78 valence electrons. The molecule has 1 N–H and O–H groups in total. The molecule has 0 atom stereocenters. The summed E-state index contributed by atoms with van der Waals surface area (Å²) in [5.41, 5.74) is 1.20. The Kier molecular flexibility index (Phi) is 1.79. The van der Waals surface area contributed by atoms with Gasteiger partial charge in [0.25, 0.3) is 0 Å². The van der Waals surface area contributed by atoms with Crippen molar-refractivity contribution in [2.45, 2.75) is 0 Å². The van der Waals surface area contributed by atoms with Gasteiger partial charge >= 0.3 is 5.69 Å². The van der Waals surface area contributed by atoms with Crippen molar-refractivity contribution in [1.82, 2.24) is 24.5 Å². The molecule has 3 heterocycles. The highest BCUT2D eigenvalue weighted by molar-refractivity contribution is 5.75. The fourth-order valence-corrected chi connectivity index (χ4v) is 1.60. The first-order chi connectivity index (χ1) is 7.86. The molecule has 16 heavy (non-hydrogen) atoms. The van der Waals surface area contributed by atoms with Gasteiger partial charge in [0.15, 0.2) is 0 Å². The summed E-state index contributed by atoms with van der Waals surface area (Å²) in [5.74, 6) is 0.539. The molecule has 0 aromatic carbocycles. The Bertz CT molecular complexity index is 685. The zero-order chi connectivity index (χ0) is 11.0. The van der Waals surface area contributed by atoms with Crippen LogP contribution in [0.25, 0.3) is 16.9 Å². The number of fused-ring (bicyclic) bond motifs is 1. The van der Waals surface area contributed by atoms with Gasteiger partial charge in [-0.2, -0.15) is 0 Å². The highest BCUT2D eigenvalue weighted by Gasteiger charge is 2.08. The minimum absolute atomic E-state index is 0.235. The standard InChI is InChI=1S/C10H7N5O/c16-10-14-7-5-11-3-1-8(7)15(10)9-2-4-12-6-13-9/h1-6H,(H,14,16). The lowest BCUT2D eigenvalue weighted by Gasteiger charge is -1.99. The van der Waals surface area contributed by atoms with Crippen molar-refractivity contribution in [2.75, 3.05) is 0 Å². The van der Waals surface area contributed by atoms with E-state index in [1.54, 1.807) is 30.7 Å². The van der Waals surface area contributed by atoms with Crippen LogP contribution in [-0.2, 0) is 0 Å². The normalized spacial score (nSPS) is 10.8. The van der Waals surface area contributed by atoms with Crippen LogP contribution in [0.5, 0.6) is 0 Å². The highest BCUT2D eigenvalue weighted by Crippen LogP contribution is 2.10. The molecule has 3 aromatic rings. The molecule has 0 aliphatic carbocycles. The van der Waals surface area contributed by atoms with E-state index in [1.165, 1.54) is 10.9 Å². The molecule has 0 saturated carbocycles. The van der Waals surface area contributed by atoms with E-state index in [9.17, 15) is 4.79 Å². The third kappa shape index (κ3) is 1.20. The van der Waals surface area contributed by atoms with Gasteiger partial charge < -0.3 is 4.98 Å². The van der Waals surface area contributed by atoms with Crippen LogP contribution < -0.4 is 5.69 Å². The first-order valence-corrected chi connectivity index (χ1v) is 4.67. The van der Waals surface area contributed by atoms with Crippen LogP contribution in [0.2, 0.25) is 0 Å². The molecule has 6 heteroatoms. The van der Waals surface area contributed by atoms with Gasteiger partial charge in [0.05, 0.1) is 17.2 Å². The second kappa shape index (κ2) is 3.27. The third-order valence-corrected chi connectivity index (χ3v) is 2.28. The Morgan fingerprint density at radius 2 is 2.06 bits per heavy atom. The van der Waals surface area contributed by atoms with E-state index in [1.807, 2.05) is 0 Å². The molecule has 0 bridgehead atoms. The molecule has 3 rings (SSSR count). The Balaban J connectivity index is 2.40. The summed E-state index contributed by atoms with van der Waals surface area (Å²) in [6.07, 6.45) is 6.23. The van der Waals surface area contributed by atoms with E-state index < -0.39 is 0 Å². The summed E-state index contributed by atoms with van der Waals surface area (Å²) in [6, 6.07) is 3.43. The van der Waals surface area contributed by atoms with Crippen LogP contribution in [0.3, 0.4) is 0 Å². The number of hydrogen-bond acceptors (Lipinski definition) is 4. The lowest BCUT2D eigenvalue weighted by Crippen LogP contribution is -2.15. The molecule has 3 aromatic heterocycles. The zero-order valence-corrected chi connectivity index (χ0v) is 8.16. The molecular formula is C10H7N5O. The van der Waals surface area contributed by atoms with Gasteiger partial charge in [0.1, 0.15) is 12.1 Å². The third-order valence-electron chi connectivity index (χ3n) is 2.28. The molecule has 0 spiro atoms. The van der Waals surface area contributed by atoms with Crippen LogP contribution in [-0.4, -0.2) is 24.5 Å². The molecule has 0 fully saturated rings. The van der Waals surface area contributed by atoms with Crippen LogP contribution in [0.1, 0.15) is 0 Å². The SMILES string of the molecule is O=c1[nH]c2cnccc2n1-c1ccncn1. The summed E-state index contributed by atoms with van der Waals surface area (Å²) in [5, 5.41) is 0. The quantitative estimate of drug-likeness (QED) is 0.638. The molecule has 0 radical (unpaired) electrons. The Morgan fingerprint density at radius 3 is 2.88 bits per heavy atom.